The number of nitrogens with zero attached hydrogens (tertiary/aromatic N) is 2. The summed E-state index contributed by atoms with van der Waals surface area (Å²) in [5, 5.41) is 11.2. The lowest BCUT2D eigenvalue weighted by atomic mass is 9.94. The van der Waals surface area contributed by atoms with E-state index in [0.717, 1.165) is 10.3 Å². The third kappa shape index (κ3) is 3.58. The van der Waals surface area contributed by atoms with Crippen molar-refractivity contribution in [3.63, 3.8) is 0 Å². The number of aliphatic hydroxyl groups excluding tert-OH is 1. The summed E-state index contributed by atoms with van der Waals surface area (Å²) in [6, 6.07) is 15.2. The molecule has 166 valence electrons. The van der Waals surface area contributed by atoms with Crippen LogP contribution in [0.15, 0.2) is 76.6 Å². The molecule has 1 N–H and O–H groups in total. The Balaban J connectivity index is 1.64. The van der Waals surface area contributed by atoms with Crippen molar-refractivity contribution in [2.75, 3.05) is 11.5 Å². The fourth-order valence-electron chi connectivity index (χ4n) is 3.89. The number of ether oxygens (including phenoxy) is 1. The Hall–Kier alpha value is -3.91. The van der Waals surface area contributed by atoms with E-state index in [2.05, 4.69) is 4.98 Å². The number of aliphatic hydroxyl groups is 1. The number of amides is 1. The van der Waals surface area contributed by atoms with E-state index in [0.29, 0.717) is 28.6 Å². The highest BCUT2D eigenvalue weighted by atomic mass is 32.1. The molecule has 0 saturated carbocycles. The molecule has 0 bridgehead atoms. The molecule has 1 amide bonds. The third-order valence-corrected chi connectivity index (χ3v) is 6.47. The van der Waals surface area contributed by atoms with Gasteiger partial charge in [0.15, 0.2) is 16.7 Å². The summed E-state index contributed by atoms with van der Waals surface area (Å²) in [4.78, 5) is 32.5. The van der Waals surface area contributed by atoms with Crippen molar-refractivity contribution < 1.29 is 23.8 Å². The van der Waals surface area contributed by atoms with Crippen LogP contribution in [0.5, 0.6) is 5.75 Å². The van der Waals surface area contributed by atoms with Gasteiger partial charge in [-0.1, -0.05) is 41.2 Å². The number of anilines is 1. The zero-order chi connectivity index (χ0) is 23.1. The number of aryl methyl sites for hydroxylation is 1. The van der Waals surface area contributed by atoms with Crippen molar-refractivity contribution >= 4 is 38.4 Å². The lowest BCUT2D eigenvalue weighted by Crippen LogP contribution is -2.30. The molecule has 1 aliphatic heterocycles. The molecule has 2 aromatic heterocycles. The standard InChI is InChI=1S/C25H20N2O5S/c1-3-31-16-10-11-17-19(13-16)33-25(26-17)27-21(15-8-6-14(2)7-9-15)20(23(29)24(27)30)22(28)18-5-4-12-32-18/h4-13,21,29H,3H2,1-2H3/t21-/m1/s1. The second kappa shape index (κ2) is 8.22. The molecule has 7 nitrogen and oxygen atoms in total. The lowest BCUT2D eigenvalue weighted by Gasteiger charge is -2.24. The van der Waals surface area contributed by atoms with Gasteiger partial charge in [-0.25, -0.2) is 4.98 Å². The molecule has 0 aliphatic carbocycles. The first-order valence-corrected chi connectivity index (χ1v) is 11.2. The molecule has 8 heteroatoms. The average molecular weight is 461 g/mol. The number of benzene rings is 2. The Morgan fingerprint density at radius 2 is 2.00 bits per heavy atom. The predicted molar refractivity (Wildman–Crippen MR) is 125 cm³/mol. The SMILES string of the molecule is CCOc1ccc2nc(N3C(=O)C(O)=C(C(=O)c4ccco4)[C@H]3c3ccc(C)cc3)sc2c1. The van der Waals surface area contributed by atoms with Crippen LogP contribution in [0.1, 0.15) is 34.6 Å². The molecule has 2 aromatic carbocycles. The average Bonchev–Trinajstić information content (AvgIpc) is 3.53. The minimum atomic E-state index is -0.845. The van der Waals surface area contributed by atoms with Gasteiger partial charge in [-0.15, -0.1) is 0 Å². The summed E-state index contributed by atoms with van der Waals surface area (Å²) in [5.41, 5.74) is 2.37. The molecule has 33 heavy (non-hydrogen) atoms. The van der Waals surface area contributed by atoms with Crippen LogP contribution in [0.2, 0.25) is 0 Å². The number of ketones is 1. The highest BCUT2D eigenvalue weighted by molar-refractivity contribution is 7.22. The van der Waals surface area contributed by atoms with E-state index in [1.54, 1.807) is 6.07 Å². The zero-order valence-electron chi connectivity index (χ0n) is 17.9. The number of carbonyl (C=O) groups excluding carboxylic acids is 2. The fourth-order valence-corrected chi connectivity index (χ4v) is 4.91. The van der Waals surface area contributed by atoms with Crippen molar-refractivity contribution in [1.82, 2.24) is 4.98 Å². The van der Waals surface area contributed by atoms with Crippen LogP contribution in [0.25, 0.3) is 10.2 Å². The van der Waals surface area contributed by atoms with Gasteiger partial charge >= 0.3 is 0 Å². The molecule has 0 spiro atoms. The monoisotopic (exact) mass is 460 g/mol. The van der Waals surface area contributed by atoms with E-state index >= 15 is 0 Å². The van der Waals surface area contributed by atoms with E-state index in [9.17, 15) is 14.7 Å². The Morgan fingerprint density at radius 3 is 2.70 bits per heavy atom. The summed E-state index contributed by atoms with van der Waals surface area (Å²) < 4.78 is 11.7. The van der Waals surface area contributed by atoms with E-state index in [4.69, 9.17) is 9.15 Å². The van der Waals surface area contributed by atoms with Crippen molar-refractivity contribution in [3.05, 3.63) is 89.1 Å². The van der Waals surface area contributed by atoms with Gasteiger partial charge in [-0.3, -0.25) is 14.5 Å². The number of carbonyl (C=O) groups is 2. The number of aromatic nitrogens is 1. The minimum absolute atomic E-state index is 0.0342. The summed E-state index contributed by atoms with van der Waals surface area (Å²) in [7, 11) is 0. The van der Waals surface area contributed by atoms with Crippen LogP contribution < -0.4 is 9.64 Å². The minimum Gasteiger partial charge on any atom is -0.503 e. The number of furan rings is 1. The molecular formula is C25H20N2O5S. The molecule has 0 unspecified atom stereocenters. The maximum absolute atomic E-state index is 13.3. The van der Waals surface area contributed by atoms with Gasteiger partial charge in [-0.05, 0) is 49.7 Å². The van der Waals surface area contributed by atoms with E-state index in [-0.39, 0.29) is 11.3 Å². The maximum Gasteiger partial charge on any atom is 0.296 e. The molecule has 4 aromatic rings. The fraction of sp³-hybridized carbons (Fsp3) is 0.160. The number of Topliss-reactive ketones (excluding diaryl/α,β-unsaturated/α-hetero) is 1. The topological polar surface area (TPSA) is 92.9 Å². The van der Waals surface area contributed by atoms with E-state index < -0.39 is 23.5 Å². The smallest absolute Gasteiger partial charge is 0.296 e. The summed E-state index contributed by atoms with van der Waals surface area (Å²) in [5.74, 6) is -1.07. The summed E-state index contributed by atoms with van der Waals surface area (Å²) in [6.45, 7) is 4.39. The second-order valence-corrected chi connectivity index (χ2v) is 8.63. The van der Waals surface area contributed by atoms with Crippen molar-refractivity contribution in [2.24, 2.45) is 0 Å². The van der Waals surface area contributed by atoms with Crippen molar-refractivity contribution in [2.45, 2.75) is 19.9 Å². The summed E-state index contributed by atoms with van der Waals surface area (Å²) >= 11 is 1.29. The highest BCUT2D eigenvalue weighted by Gasteiger charge is 2.46. The lowest BCUT2D eigenvalue weighted by molar-refractivity contribution is -0.117. The van der Waals surface area contributed by atoms with Crippen LogP contribution in [-0.4, -0.2) is 28.4 Å². The molecular weight excluding hydrogens is 440 g/mol. The highest BCUT2D eigenvalue weighted by Crippen LogP contribution is 2.44. The van der Waals surface area contributed by atoms with Crippen LogP contribution in [0.4, 0.5) is 5.13 Å². The summed E-state index contributed by atoms with van der Waals surface area (Å²) in [6.07, 6.45) is 1.38. The molecule has 1 atom stereocenters. The number of fused-ring (bicyclic) bond motifs is 1. The molecule has 5 rings (SSSR count). The Morgan fingerprint density at radius 1 is 1.21 bits per heavy atom. The molecule has 0 saturated heterocycles. The Labute approximate surface area is 193 Å². The Kier molecular flexibility index (Phi) is 5.22. The first kappa shape index (κ1) is 21.0. The van der Waals surface area contributed by atoms with Crippen LogP contribution in [-0.2, 0) is 4.79 Å². The van der Waals surface area contributed by atoms with E-state index in [1.165, 1.54) is 28.6 Å². The molecule has 1 aliphatic rings. The Bertz CT molecular complexity index is 1390. The first-order valence-electron chi connectivity index (χ1n) is 10.4. The second-order valence-electron chi connectivity index (χ2n) is 7.62. The molecule has 0 fully saturated rings. The number of hydrogen-bond acceptors (Lipinski definition) is 7. The van der Waals surface area contributed by atoms with Gasteiger partial charge < -0.3 is 14.3 Å². The van der Waals surface area contributed by atoms with Gasteiger partial charge in [0, 0.05) is 0 Å². The van der Waals surface area contributed by atoms with Gasteiger partial charge in [0.05, 0.1) is 34.7 Å². The van der Waals surface area contributed by atoms with Crippen LogP contribution in [0, 0.1) is 6.92 Å². The zero-order valence-corrected chi connectivity index (χ0v) is 18.8. The van der Waals surface area contributed by atoms with Gasteiger partial charge in [0.1, 0.15) is 5.75 Å². The number of hydrogen-bond donors (Lipinski definition) is 1. The molecule has 3 heterocycles. The van der Waals surface area contributed by atoms with Crippen LogP contribution >= 0.6 is 11.3 Å². The molecule has 0 radical (unpaired) electrons. The first-order chi connectivity index (χ1) is 16.0. The number of rotatable bonds is 6. The quantitative estimate of drug-likeness (QED) is 0.389. The van der Waals surface area contributed by atoms with Gasteiger partial charge in [0.2, 0.25) is 5.78 Å². The largest absolute Gasteiger partial charge is 0.503 e. The van der Waals surface area contributed by atoms with Crippen molar-refractivity contribution in [1.29, 1.82) is 0 Å². The predicted octanol–water partition coefficient (Wildman–Crippen LogP) is 5.38. The van der Waals surface area contributed by atoms with E-state index in [1.807, 2.05) is 56.3 Å². The third-order valence-electron chi connectivity index (χ3n) is 5.46. The van der Waals surface area contributed by atoms with Gasteiger partial charge in [-0.2, -0.15) is 0 Å². The maximum atomic E-state index is 13.3. The number of thiazole rings is 1. The van der Waals surface area contributed by atoms with Crippen molar-refractivity contribution in [3.8, 4) is 5.75 Å². The van der Waals surface area contributed by atoms with Crippen LogP contribution in [0.3, 0.4) is 0 Å². The van der Waals surface area contributed by atoms with Gasteiger partial charge in [0.25, 0.3) is 5.91 Å². The normalized spacial score (nSPS) is 16.1.